The molecular weight excluding hydrogens is 1260 g/mol. The van der Waals surface area contributed by atoms with Gasteiger partial charge < -0.3 is 14.2 Å². The van der Waals surface area contributed by atoms with Crippen molar-refractivity contribution in [3.8, 4) is 74.1 Å². The number of nitrogens with one attached hydrogen (secondary N) is 1. The highest BCUT2D eigenvalue weighted by atomic mass is 32.1. The summed E-state index contributed by atoms with van der Waals surface area (Å²) >= 11 is 3.27. The highest BCUT2D eigenvalue weighted by molar-refractivity contribution is 7.12. The van der Waals surface area contributed by atoms with Gasteiger partial charge in [0.1, 0.15) is 34.5 Å². The van der Waals surface area contributed by atoms with Crippen molar-refractivity contribution < 1.29 is 14.1 Å². The first kappa shape index (κ1) is 88.4. The van der Waals surface area contributed by atoms with E-state index in [1.165, 1.54) is 32.5 Å². The number of hydrogen-bond acceptors (Lipinski definition) is 13. The fourth-order valence-electron chi connectivity index (χ4n) is 8.51. The van der Waals surface area contributed by atoms with Gasteiger partial charge in [-0.15, -0.1) is 49.9 Å². The standard InChI is InChI=1S/4C10H13N.C9H12N2.C9H11NO.2C9H13NS.C9H14O2/c1-5-9-6-8(7-11-9)10(2,3)4;2*1-5-9-8(6-7-11-9)10(2,3)4;1-5-8-6-7-9(11-8)10(2,3)4;1-5-8-10-6-7(11-8)9(2,3)4;1-5-8-7(6-11-10-8)9(2,3)4;1-5-8-10-6-7(11-8)9(2,3)4;1-5-7-6-8(11-10-7)9(2,3)4;1-9(2,3)7-5-4-6-8(10)11-7/h3*1,6H,7H2,2-4H3;1,7H,6H2,2-4H3;1,6H,2-4H3,(H,10,11);1,6H,2-4H3;2*5-6H,1H2,2-4H3;4,6-7H,5H2,1-3H3. The molecule has 99 heavy (non-hydrogen) atoms. The highest BCUT2D eigenvalue weighted by Crippen LogP contribution is 2.34. The van der Waals surface area contributed by atoms with Gasteiger partial charge in [0, 0.05) is 68.9 Å². The van der Waals surface area contributed by atoms with Gasteiger partial charge in [0.25, 0.3) is 0 Å². The van der Waals surface area contributed by atoms with Crippen LogP contribution in [0, 0.1) is 101 Å². The first-order valence-electron chi connectivity index (χ1n) is 33.3. The lowest BCUT2D eigenvalue weighted by Gasteiger charge is -2.30. The Morgan fingerprint density at radius 1 is 0.596 bits per heavy atom. The average molecular weight is 1380 g/mol. The maximum atomic E-state index is 10.8. The summed E-state index contributed by atoms with van der Waals surface area (Å²) in [5.41, 5.74) is 13.1. The van der Waals surface area contributed by atoms with E-state index in [1.54, 1.807) is 47.5 Å². The molecule has 1 unspecified atom stereocenters. The largest absolute Gasteiger partial charge is 0.458 e. The summed E-state index contributed by atoms with van der Waals surface area (Å²) in [6.07, 6.45) is 53.7. The number of carbonyl (C=O) groups is 1. The molecule has 5 aliphatic rings. The van der Waals surface area contributed by atoms with Crippen LogP contribution in [0.5, 0.6) is 0 Å². The molecule has 0 spiro atoms. The number of cyclic esters (lactones) is 1. The topological polar surface area (TPSA) is 156 Å². The molecule has 1 atom stereocenters. The monoisotopic (exact) mass is 1370 g/mol. The number of imidazole rings is 1. The zero-order chi connectivity index (χ0) is 76.3. The van der Waals surface area contributed by atoms with Gasteiger partial charge in [-0.25, -0.2) is 19.8 Å². The fourth-order valence-corrected chi connectivity index (χ4v) is 10.1. The van der Waals surface area contributed by atoms with Crippen LogP contribution in [0.2, 0.25) is 0 Å². The van der Waals surface area contributed by atoms with E-state index in [0.29, 0.717) is 11.5 Å². The number of terminal acetylenes is 6. The van der Waals surface area contributed by atoms with Crippen molar-refractivity contribution in [1.29, 1.82) is 0 Å². The summed E-state index contributed by atoms with van der Waals surface area (Å²) in [5.74, 6) is 15.6. The molecule has 0 aliphatic carbocycles. The minimum absolute atomic E-state index is 0.0156. The lowest BCUT2D eigenvalue weighted by molar-refractivity contribution is -0.149. The van der Waals surface area contributed by atoms with E-state index in [9.17, 15) is 4.79 Å². The number of hydrogen-bond donors (Lipinski definition) is 1. The van der Waals surface area contributed by atoms with Crippen molar-refractivity contribution in [2.75, 3.05) is 19.6 Å². The Morgan fingerprint density at radius 3 is 1.42 bits per heavy atom. The van der Waals surface area contributed by atoms with Gasteiger partial charge >= 0.3 is 5.97 Å². The third kappa shape index (κ3) is 31.8. The van der Waals surface area contributed by atoms with Crippen LogP contribution in [0.3, 0.4) is 0 Å². The van der Waals surface area contributed by atoms with Crippen LogP contribution in [-0.2, 0) is 31.2 Å². The number of esters is 1. The van der Waals surface area contributed by atoms with Crippen molar-refractivity contribution in [3.63, 3.8) is 0 Å². The zero-order valence-corrected chi connectivity index (χ0v) is 66.7. The molecule has 4 aromatic heterocycles. The van der Waals surface area contributed by atoms with Crippen LogP contribution < -0.4 is 0 Å². The number of rotatable bonds is 2. The third-order valence-corrected chi connectivity index (χ3v) is 17.4. The number of allylic oxidation sites excluding steroid dienone is 5. The first-order chi connectivity index (χ1) is 45.3. The molecule has 0 radical (unpaired) electrons. The van der Waals surface area contributed by atoms with E-state index in [1.807, 2.05) is 18.3 Å². The van der Waals surface area contributed by atoms with E-state index < -0.39 is 0 Å². The number of aromatic amines is 1. The predicted molar refractivity (Wildman–Crippen MR) is 428 cm³/mol. The molecule has 4 aromatic rings. The third-order valence-electron chi connectivity index (χ3n) is 14.8. The van der Waals surface area contributed by atoms with E-state index in [4.69, 9.17) is 47.8 Å². The summed E-state index contributed by atoms with van der Waals surface area (Å²) < 4.78 is 14.1. The molecule has 0 bridgehead atoms. The van der Waals surface area contributed by atoms with Crippen LogP contribution in [0.25, 0.3) is 12.2 Å². The van der Waals surface area contributed by atoms with Gasteiger partial charge in [-0.3, -0.25) is 15.0 Å². The van der Waals surface area contributed by atoms with Gasteiger partial charge in [-0.05, 0) is 102 Å². The smallest absolute Gasteiger partial charge is 0.330 e. The first-order valence-corrected chi connectivity index (χ1v) is 34.8. The maximum Gasteiger partial charge on any atom is 0.330 e. The molecule has 0 aromatic carbocycles. The van der Waals surface area contributed by atoms with Gasteiger partial charge in [-0.2, -0.15) is 4.37 Å². The van der Waals surface area contributed by atoms with Gasteiger partial charge in [0.2, 0.25) is 0 Å². The van der Waals surface area contributed by atoms with Crippen LogP contribution in [0.4, 0.5) is 0 Å². The lowest BCUT2D eigenvalue weighted by Crippen LogP contribution is -2.32. The molecule has 0 amide bonds. The summed E-state index contributed by atoms with van der Waals surface area (Å²) in [6, 6.07) is 2.09. The number of H-pyrrole nitrogens is 1. The number of ether oxygens (including phenoxy) is 1. The number of nitrogens with zero attached hydrogens (tertiary/aromatic N) is 8. The van der Waals surface area contributed by atoms with Gasteiger partial charge in [0.05, 0.1) is 31.0 Å². The molecule has 5 aliphatic heterocycles. The molecular formula is C85H115N9O3S2. The Balaban J connectivity index is 0.000000557. The van der Waals surface area contributed by atoms with Crippen molar-refractivity contribution in [2.45, 2.75) is 228 Å². The van der Waals surface area contributed by atoms with E-state index in [2.05, 4.69) is 304 Å². The SMILES string of the molecule is C#CC1=NC(C(C)(C)C)=CC1.C#CC1=NCC(C(C)(C)C)=C1.C#CC1=NCC=C1C(C)(C)C.C#CC1=NCC=C1C(C)(C)C.C#Cc1ncc(C(C)(C)C)[nH]1.C#Cc1nocc1C(C)(C)C.C=Cc1cc(C(C)(C)C)sn1.C=Cc1ncc(C(C)(C)C)s1.CC(C)(C)C1CC=CC(=O)O1. The molecule has 9 heterocycles. The van der Waals surface area contributed by atoms with Gasteiger partial charge in [0.15, 0.2) is 11.5 Å². The summed E-state index contributed by atoms with van der Waals surface area (Å²) in [4.78, 5) is 41.6. The van der Waals surface area contributed by atoms with Crippen molar-refractivity contribution in [1.82, 2.24) is 24.5 Å². The molecule has 1 N–H and O–H groups in total. The second-order valence-corrected chi connectivity index (χ2v) is 34.8. The summed E-state index contributed by atoms with van der Waals surface area (Å²) in [6.45, 7) is 67.4. The Hall–Kier alpha value is -8.63. The zero-order valence-electron chi connectivity index (χ0n) is 65.0. The number of thiazole rings is 1. The van der Waals surface area contributed by atoms with Crippen LogP contribution in [-0.4, -0.2) is 79.0 Å². The lowest BCUT2D eigenvalue weighted by atomic mass is 9.84. The summed E-state index contributed by atoms with van der Waals surface area (Å²) in [7, 11) is 0. The van der Waals surface area contributed by atoms with E-state index >= 15 is 0 Å². The minimum atomic E-state index is -0.212. The normalized spacial score (nSPS) is 15.5. The molecule has 9 rings (SSSR count). The second kappa shape index (κ2) is 38.1. The maximum absolute atomic E-state index is 10.8. The number of carbonyl (C=O) groups excluding carboxylic acids is 1. The van der Waals surface area contributed by atoms with E-state index in [-0.39, 0.29) is 60.8 Å². The highest BCUT2D eigenvalue weighted by Gasteiger charge is 2.29. The second-order valence-electron chi connectivity index (χ2n) is 32.9. The van der Waals surface area contributed by atoms with Gasteiger partial charge in [-0.1, -0.05) is 253 Å². The van der Waals surface area contributed by atoms with Crippen LogP contribution in [0.15, 0.2) is 121 Å². The molecule has 530 valence electrons. The minimum Gasteiger partial charge on any atom is -0.458 e. The molecule has 12 nitrogen and oxygen atoms in total. The molecule has 0 saturated carbocycles. The van der Waals surface area contributed by atoms with E-state index in [0.717, 1.165) is 83.0 Å². The Labute approximate surface area is 607 Å². The quantitative estimate of drug-likeness (QED) is 0.155. The number of aliphatic imine (C=N–C) groups is 4. The van der Waals surface area contributed by atoms with Crippen LogP contribution >= 0.6 is 22.9 Å². The predicted octanol–water partition coefficient (Wildman–Crippen LogP) is 20.2. The Bertz CT molecular complexity index is 3810. The average Bonchev–Trinajstić information content (AvgIpc) is 1.86. The van der Waals surface area contributed by atoms with Crippen molar-refractivity contribution >= 4 is 63.8 Å². The molecule has 0 fully saturated rings. The molecule has 14 heteroatoms. The summed E-state index contributed by atoms with van der Waals surface area (Å²) in [5, 5.41) is 4.70. The Morgan fingerprint density at radius 2 is 1.15 bits per heavy atom. The Kier molecular flexibility index (Phi) is 34.0. The van der Waals surface area contributed by atoms with Crippen molar-refractivity contribution in [3.05, 3.63) is 140 Å². The molecule has 0 saturated heterocycles. The van der Waals surface area contributed by atoms with Crippen LogP contribution in [0.1, 0.15) is 243 Å². The van der Waals surface area contributed by atoms with Crippen molar-refractivity contribution in [2.24, 2.45) is 47.0 Å². The fraction of sp³-hybridized carbons (Fsp3) is 0.494. The number of aromatic nitrogens is 5.